The smallest absolute Gasteiger partial charge is 0.239 e. The number of hydrogen-bond donors (Lipinski definition) is 6. The van der Waals surface area contributed by atoms with Gasteiger partial charge in [0.25, 0.3) is 0 Å². The van der Waals surface area contributed by atoms with Crippen LogP contribution in [0.3, 0.4) is 0 Å². The van der Waals surface area contributed by atoms with E-state index in [0.717, 1.165) is 62.3 Å². The number of nitrogens with zero attached hydrogens (tertiary/aromatic N) is 2. The second kappa shape index (κ2) is 19.5. The summed E-state index contributed by atoms with van der Waals surface area (Å²) < 4.78 is 0. The fourth-order valence-electron chi connectivity index (χ4n) is 4.95. The molecule has 3 rings (SSSR count). The first-order valence-electron chi connectivity index (χ1n) is 15.9. The zero-order valence-electron chi connectivity index (χ0n) is 26.5. The summed E-state index contributed by atoms with van der Waals surface area (Å²) in [5.74, 6) is -0.691. The number of carbonyl (C=O) groups excluding carboxylic acids is 4. The molecule has 0 aromatic heterocycles. The summed E-state index contributed by atoms with van der Waals surface area (Å²) in [4.78, 5) is 53.6. The van der Waals surface area contributed by atoms with Gasteiger partial charge in [-0.25, -0.2) is 0 Å². The highest BCUT2D eigenvalue weighted by atomic mass is 16.2. The lowest BCUT2D eigenvalue weighted by Crippen LogP contribution is -2.47. The fourth-order valence-corrected chi connectivity index (χ4v) is 4.95. The Hall–Kier alpha value is -3.84. The van der Waals surface area contributed by atoms with Gasteiger partial charge in [0, 0.05) is 70.0 Å². The molecule has 0 radical (unpaired) electrons. The average Bonchev–Trinajstić information content (AvgIpc) is 3.04. The number of anilines is 2. The number of unbranched alkanes of at least 4 members (excludes halogenated alkanes) is 2. The molecule has 246 valence electrons. The molecule has 0 aliphatic carbocycles. The number of carbonyl (C=O) groups is 4. The number of amides is 4. The summed E-state index contributed by atoms with van der Waals surface area (Å²) in [5, 5.41) is 11.2. The van der Waals surface area contributed by atoms with E-state index in [-0.39, 0.29) is 24.3 Å². The van der Waals surface area contributed by atoms with E-state index in [9.17, 15) is 19.2 Å². The Morgan fingerprint density at radius 1 is 0.733 bits per heavy atom. The Kier molecular flexibility index (Phi) is 15.5. The minimum Gasteiger partial charge on any atom is -0.355 e. The molecule has 1 atom stereocenters. The highest BCUT2D eigenvalue weighted by Gasteiger charge is 2.19. The second-order valence-corrected chi connectivity index (χ2v) is 11.6. The van der Waals surface area contributed by atoms with Crippen molar-refractivity contribution in [3.8, 4) is 0 Å². The summed E-state index contributed by atoms with van der Waals surface area (Å²) in [6.45, 7) is 7.92. The molecular formula is C33H50N8O4. The van der Waals surface area contributed by atoms with Gasteiger partial charge in [0.1, 0.15) is 0 Å². The summed E-state index contributed by atoms with van der Waals surface area (Å²) in [6.07, 6.45) is 3.87. The number of nitrogens with one attached hydrogen (secondary N) is 4. The van der Waals surface area contributed by atoms with Crippen molar-refractivity contribution in [3.63, 3.8) is 0 Å². The molecule has 1 aliphatic heterocycles. The molecule has 0 bridgehead atoms. The van der Waals surface area contributed by atoms with Gasteiger partial charge in [-0.2, -0.15) is 0 Å². The van der Waals surface area contributed by atoms with Crippen molar-refractivity contribution in [2.45, 2.75) is 51.5 Å². The molecule has 1 fully saturated rings. The fraction of sp³-hybridized carbons (Fsp3) is 0.515. The maximum Gasteiger partial charge on any atom is 0.239 e. The number of aryl methyl sites for hydroxylation is 1. The number of rotatable bonds is 18. The number of hydrogen-bond acceptors (Lipinski definition) is 8. The Morgan fingerprint density at radius 2 is 1.27 bits per heavy atom. The van der Waals surface area contributed by atoms with E-state index in [1.165, 1.54) is 0 Å². The molecule has 8 N–H and O–H groups in total. The molecule has 2 aromatic carbocycles. The molecule has 1 unspecified atom stereocenters. The standard InChI is InChI=1S/C33H50N8O4/c1-25-5-9-27(10-6-25)38-30(42)13-17-40-19-21-41(22-20-40)18-14-31(43)39-28-11-7-26(8-12-28)23-29(35)33(45)37-24-32(44)36-16-4-2-3-15-34/h5-12,29H,2-4,13-24,34-35H2,1H3,(H,36,44)(H,37,45)(H,38,42)(H,39,43). The molecule has 2 aromatic rings. The van der Waals surface area contributed by atoms with E-state index in [2.05, 4.69) is 31.1 Å². The van der Waals surface area contributed by atoms with Gasteiger partial charge >= 0.3 is 0 Å². The Morgan fingerprint density at radius 3 is 1.80 bits per heavy atom. The SMILES string of the molecule is Cc1ccc(NC(=O)CCN2CCN(CCC(=O)Nc3ccc(CC(N)C(=O)NCC(=O)NCCCCCN)cc3)CC2)cc1. The normalized spacial score (nSPS) is 14.4. The predicted molar refractivity (Wildman–Crippen MR) is 178 cm³/mol. The summed E-state index contributed by atoms with van der Waals surface area (Å²) in [6, 6.07) is 14.2. The molecule has 0 spiro atoms. The van der Waals surface area contributed by atoms with Crippen molar-refractivity contribution in [3.05, 3.63) is 59.7 Å². The maximum atomic E-state index is 12.6. The summed E-state index contributed by atoms with van der Waals surface area (Å²) in [5.41, 5.74) is 15.0. The monoisotopic (exact) mass is 622 g/mol. The number of nitrogens with two attached hydrogens (primary N) is 2. The zero-order chi connectivity index (χ0) is 32.4. The van der Waals surface area contributed by atoms with Gasteiger partial charge in [-0.3, -0.25) is 19.2 Å². The van der Waals surface area contributed by atoms with Gasteiger partial charge in [-0.1, -0.05) is 36.2 Å². The first kappa shape index (κ1) is 35.6. The van der Waals surface area contributed by atoms with E-state index in [1.807, 2.05) is 43.3 Å². The van der Waals surface area contributed by atoms with E-state index < -0.39 is 11.9 Å². The molecule has 1 heterocycles. The first-order chi connectivity index (χ1) is 21.7. The molecule has 12 nitrogen and oxygen atoms in total. The third-order valence-corrected chi connectivity index (χ3v) is 7.77. The molecule has 4 amide bonds. The topological polar surface area (TPSA) is 175 Å². The summed E-state index contributed by atoms with van der Waals surface area (Å²) in [7, 11) is 0. The van der Waals surface area contributed by atoms with Crippen molar-refractivity contribution in [2.75, 3.05) is 69.5 Å². The second-order valence-electron chi connectivity index (χ2n) is 11.6. The van der Waals surface area contributed by atoms with Crippen LogP contribution in [0.5, 0.6) is 0 Å². The molecule has 12 heteroatoms. The van der Waals surface area contributed by atoms with Crippen molar-refractivity contribution in [1.29, 1.82) is 0 Å². The first-order valence-corrected chi connectivity index (χ1v) is 15.9. The largest absolute Gasteiger partial charge is 0.355 e. The van der Waals surface area contributed by atoms with Crippen LogP contribution in [-0.2, 0) is 25.6 Å². The Balaban J connectivity index is 1.26. The zero-order valence-corrected chi connectivity index (χ0v) is 26.5. The van der Waals surface area contributed by atoms with Crippen LogP contribution in [0.2, 0.25) is 0 Å². The van der Waals surface area contributed by atoms with E-state index in [1.54, 1.807) is 12.1 Å². The highest BCUT2D eigenvalue weighted by molar-refractivity contribution is 5.91. The molecule has 45 heavy (non-hydrogen) atoms. The Labute approximate surface area is 266 Å². The van der Waals surface area contributed by atoms with Crippen LogP contribution in [0.25, 0.3) is 0 Å². The maximum absolute atomic E-state index is 12.6. The van der Waals surface area contributed by atoms with Crippen LogP contribution in [0, 0.1) is 6.92 Å². The number of benzene rings is 2. The molecule has 1 saturated heterocycles. The van der Waals surface area contributed by atoms with Crippen molar-refractivity contribution >= 4 is 35.0 Å². The quantitative estimate of drug-likeness (QED) is 0.135. The minimum atomic E-state index is -0.793. The lowest BCUT2D eigenvalue weighted by Gasteiger charge is -2.34. The number of piperazine rings is 1. The minimum absolute atomic E-state index is 0.0149. The predicted octanol–water partition coefficient (Wildman–Crippen LogP) is 1.20. The highest BCUT2D eigenvalue weighted by Crippen LogP contribution is 2.13. The van der Waals surface area contributed by atoms with Gasteiger partial charge < -0.3 is 42.5 Å². The van der Waals surface area contributed by atoms with Gasteiger partial charge in [0.2, 0.25) is 23.6 Å². The van der Waals surface area contributed by atoms with Gasteiger partial charge in [0.05, 0.1) is 12.6 Å². The summed E-state index contributed by atoms with van der Waals surface area (Å²) >= 11 is 0. The van der Waals surface area contributed by atoms with Crippen molar-refractivity contribution < 1.29 is 19.2 Å². The molecular weight excluding hydrogens is 572 g/mol. The van der Waals surface area contributed by atoms with Crippen LogP contribution >= 0.6 is 0 Å². The Bertz CT molecular complexity index is 1210. The van der Waals surface area contributed by atoms with E-state index in [0.29, 0.717) is 51.1 Å². The third-order valence-electron chi connectivity index (χ3n) is 7.77. The van der Waals surface area contributed by atoms with E-state index >= 15 is 0 Å². The van der Waals surface area contributed by atoms with Crippen molar-refractivity contribution in [1.82, 2.24) is 20.4 Å². The van der Waals surface area contributed by atoms with Gasteiger partial charge in [-0.15, -0.1) is 0 Å². The van der Waals surface area contributed by atoms with Crippen LogP contribution < -0.4 is 32.7 Å². The van der Waals surface area contributed by atoms with Crippen LogP contribution in [0.1, 0.15) is 43.2 Å². The van der Waals surface area contributed by atoms with E-state index in [4.69, 9.17) is 11.5 Å². The third kappa shape index (κ3) is 14.2. The van der Waals surface area contributed by atoms with Gasteiger partial charge in [0.15, 0.2) is 0 Å². The van der Waals surface area contributed by atoms with Crippen LogP contribution in [-0.4, -0.2) is 98.4 Å². The lowest BCUT2D eigenvalue weighted by molar-refractivity contribution is -0.126. The molecule has 1 aliphatic rings. The van der Waals surface area contributed by atoms with Crippen LogP contribution in [0.15, 0.2) is 48.5 Å². The van der Waals surface area contributed by atoms with Crippen LogP contribution in [0.4, 0.5) is 11.4 Å². The van der Waals surface area contributed by atoms with Gasteiger partial charge in [-0.05, 0) is 62.6 Å². The average molecular weight is 623 g/mol. The molecule has 0 saturated carbocycles. The lowest BCUT2D eigenvalue weighted by atomic mass is 10.1. The van der Waals surface area contributed by atoms with Crippen molar-refractivity contribution in [2.24, 2.45) is 11.5 Å².